The fourth-order valence-electron chi connectivity index (χ4n) is 5.51. The lowest BCUT2D eigenvalue weighted by atomic mass is 9.96. The van der Waals surface area contributed by atoms with Gasteiger partial charge < -0.3 is 14.4 Å². The number of benzene rings is 3. The number of para-hydroxylation sites is 1. The molecule has 0 saturated carbocycles. The molecule has 0 unspecified atom stereocenters. The van der Waals surface area contributed by atoms with Crippen molar-refractivity contribution in [1.82, 2.24) is 4.98 Å². The van der Waals surface area contributed by atoms with Gasteiger partial charge in [0.05, 0.1) is 41.6 Å². The van der Waals surface area contributed by atoms with Crippen LogP contribution in [-0.2, 0) is 9.47 Å². The van der Waals surface area contributed by atoms with E-state index >= 15 is 0 Å². The molecular weight excluding hydrogens is 476 g/mol. The lowest BCUT2D eigenvalue weighted by molar-refractivity contribution is -0.00521. The number of rotatable bonds is 4. The van der Waals surface area contributed by atoms with Gasteiger partial charge in [0.15, 0.2) is 0 Å². The minimum Gasteiger partial charge on any atom is -0.447 e. The Hall–Kier alpha value is -4.41. The number of anilines is 2. The maximum Gasteiger partial charge on any atom is 0.414 e. The Morgan fingerprint density at radius 2 is 1.61 bits per heavy atom. The van der Waals surface area contributed by atoms with E-state index in [0.29, 0.717) is 18.7 Å². The topological polar surface area (TPSA) is 78.7 Å². The third-order valence-corrected chi connectivity index (χ3v) is 7.19. The quantitative estimate of drug-likeness (QED) is 0.339. The normalized spacial score (nSPS) is 19.4. The molecule has 0 spiro atoms. The number of nitriles is 1. The Kier molecular flexibility index (Phi) is 6.18. The minimum absolute atomic E-state index is 0.182. The van der Waals surface area contributed by atoms with E-state index in [1.165, 1.54) is 0 Å². The van der Waals surface area contributed by atoms with E-state index in [-0.39, 0.29) is 18.3 Å². The number of morpholine rings is 1. The predicted molar refractivity (Wildman–Crippen MR) is 148 cm³/mol. The van der Waals surface area contributed by atoms with E-state index < -0.39 is 0 Å². The van der Waals surface area contributed by atoms with E-state index in [9.17, 15) is 10.1 Å². The van der Waals surface area contributed by atoms with Crippen LogP contribution in [0.4, 0.5) is 16.2 Å². The van der Waals surface area contributed by atoms with Crippen LogP contribution in [0.15, 0.2) is 72.9 Å². The summed E-state index contributed by atoms with van der Waals surface area (Å²) in [5.41, 5.74) is 7.11. The van der Waals surface area contributed by atoms with Crippen LogP contribution in [-0.4, -0.2) is 49.5 Å². The summed E-state index contributed by atoms with van der Waals surface area (Å²) in [5.74, 6) is 0. The van der Waals surface area contributed by atoms with Gasteiger partial charge in [0.1, 0.15) is 6.61 Å². The van der Waals surface area contributed by atoms with Crippen molar-refractivity contribution in [3.63, 3.8) is 0 Å². The average molecular weight is 505 g/mol. The number of hydrogen-bond donors (Lipinski definition) is 0. The van der Waals surface area contributed by atoms with Crippen LogP contribution in [0.3, 0.4) is 0 Å². The zero-order chi connectivity index (χ0) is 26.2. The van der Waals surface area contributed by atoms with Crippen molar-refractivity contribution in [3.05, 3.63) is 78.5 Å². The zero-order valence-electron chi connectivity index (χ0n) is 21.4. The summed E-state index contributed by atoms with van der Waals surface area (Å²) in [6.45, 7) is 6.74. The number of carbonyl (C=O) groups excluding carboxylic acids is 1. The smallest absolute Gasteiger partial charge is 0.414 e. The van der Waals surface area contributed by atoms with E-state index in [1.54, 1.807) is 17.0 Å². The second-order valence-corrected chi connectivity index (χ2v) is 9.89. The van der Waals surface area contributed by atoms with Crippen LogP contribution in [0, 0.1) is 11.3 Å². The molecule has 4 aromatic rings. The fourth-order valence-corrected chi connectivity index (χ4v) is 5.51. The molecule has 0 aliphatic carbocycles. The average Bonchev–Trinajstić information content (AvgIpc) is 3.37. The van der Waals surface area contributed by atoms with Crippen LogP contribution >= 0.6 is 0 Å². The number of pyridine rings is 1. The van der Waals surface area contributed by atoms with Gasteiger partial charge in [-0.2, -0.15) is 5.26 Å². The summed E-state index contributed by atoms with van der Waals surface area (Å²) in [5, 5.41) is 10.1. The van der Waals surface area contributed by atoms with Crippen LogP contribution in [0.25, 0.3) is 33.2 Å². The SMILES string of the molecule is C[C@@H]1CN(c2ccc(-c3cnc4c(-c5ccc(C#N)cc5)cccc4c3N3CCOC3=O)cc2)C[C@H](C)O1. The lowest BCUT2D eigenvalue weighted by Crippen LogP contribution is -2.45. The first kappa shape index (κ1) is 24.0. The van der Waals surface area contributed by atoms with E-state index in [1.807, 2.05) is 36.5 Å². The Morgan fingerprint density at radius 1 is 0.921 bits per heavy atom. The molecule has 2 saturated heterocycles. The highest BCUT2D eigenvalue weighted by Crippen LogP contribution is 2.41. The highest BCUT2D eigenvalue weighted by Gasteiger charge is 2.29. The summed E-state index contributed by atoms with van der Waals surface area (Å²) in [6, 6.07) is 24.1. The Morgan fingerprint density at radius 3 is 2.26 bits per heavy atom. The number of amides is 1. The van der Waals surface area contributed by atoms with Gasteiger partial charge >= 0.3 is 6.09 Å². The highest BCUT2D eigenvalue weighted by atomic mass is 16.6. The molecule has 0 radical (unpaired) electrons. The molecular formula is C31H28N4O3. The number of fused-ring (bicyclic) bond motifs is 1. The second-order valence-electron chi connectivity index (χ2n) is 9.89. The number of nitrogens with zero attached hydrogens (tertiary/aromatic N) is 4. The molecule has 2 atom stereocenters. The highest BCUT2D eigenvalue weighted by molar-refractivity contribution is 6.10. The van der Waals surface area contributed by atoms with Gasteiger partial charge in [-0.3, -0.25) is 9.88 Å². The first-order chi connectivity index (χ1) is 18.5. The summed E-state index contributed by atoms with van der Waals surface area (Å²) >= 11 is 0. The Balaban J connectivity index is 1.46. The molecule has 0 bridgehead atoms. The molecule has 6 rings (SSSR count). The van der Waals surface area contributed by atoms with Crippen LogP contribution < -0.4 is 9.80 Å². The molecule has 7 heteroatoms. The van der Waals surface area contributed by atoms with Gasteiger partial charge in [-0.25, -0.2) is 4.79 Å². The maximum absolute atomic E-state index is 12.8. The Labute approximate surface area is 221 Å². The summed E-state index contributed by atoms with van der Waals surface area (Å²) in [4.78, 5) is 21.7. The minimum atomic E-state index is -0.351. The largest absolute Gasteiger partial charge is 0.447 e. The zero-order valence-corrected chi connectivity index (χ0v) is 21.4. The molecule has 1 aromatic heterocycles. The van der Waals surface area contributed by atoms with Gasteiger partial charge in [0.25, 0.3) is 0 Å². The molecule has 7 nitrogen and oxygen atoms in total. The predicted octanol–water partition coefficient (Wildman–Crippen LogP) is 6.01. The summed E-state index contributed by atoms with van der Waals surface area (Å²) < 4.78 is 11.2. The van der Waals surface area contributed by atoms with Crippen LogP contribution in [0.2, 0.25) is 0 Å². The first-order valence-corrected chi connectivity index (χ1v) is 12.9. The van der Waals surface area contributed by atoms with E-state index in [4.69, 9.17) is 14.5 Å². The van der Waals surface area contributed by atoms with Crippen molar-refractivity contribution in [3.8, 4) is 28.3 Å². The van der Waals surface area contributed by atoms with Gasteiger partial charge in [0.2, 0.25) is 0 Å². The van der Waals surface area contributed by atoms with Gasteiger partial charge in [0, 0.05) is 41.5 Å². The number of cyclic esters (lactones) is 1. The second kappa shape index (κ2) is 9.81. The molecule has 2 aliphatic heterocycles. The van der Waals surface area contributed by atoms with Crippen molar-refractivity contribution in [1.29, 1.82) is 5.26 Å². The molecule has 38 heavy (non-hydrogen) atoms. The molecule has 3 heterocycles. The van der Waals surface area contributed by atoms with E-state index in [2.05, 4.69) is 49.1 Å². The number of aromatic nitrogens is 1. The first-order valence-electron chi connectivity index (χ1n) is 12.9. The Bertz CT molecular complexity index is 1530. The molecule has 190 valence electrons. The summed E-state index contributed by atoms with van der Waals surface area (Å²) in [7, 11) is 0. The van der Waals surface area contributed by atoms with Crippen molar-refractivity contribution in [2.75, 3.05) is 36.0 Å². The number of hydrogen-bond acceptors (Lipinski definition) is 6. The molecule has 0 N–H and O–H groups in total. The third kappa shape index (κ3) is 4.33. The number of ether oxygens (including phenoxy) is 2. The van der Waals surface area contributed by atoms with Gasteiger partial charge in [-0.05, 0) is 49.2 Å². The van der Waals surface area contributed by atoms with Crippen molar-refractivity contribution >= 4 is 28.4 Å². The van der Waals surface area contributed by atoms with Crippen molar-refractivity contribution in [2.45, 2.75) is 26.1 Å². The molecule has 3 aromatic carbocycles. The van der Waals surface area contributed by atoms with Crippen LogP contribution in [0.1, 0.15) is 19.4 Å². The molecule has 1 amide bonds. The standard InChI is InChI=1S/C31H28N4O3/c1-20-18-34(19-21(2)38-20)25-12-10-24(11-13-25)28-17-33-29-26(23-8-6-22(16-32)7-9-23)4-3-5-27(29)30(28)35-14-15-37-31(35)36/h3-13,17,20-21H,14-15,18-19H2,1-2H3/t20-,21+. The van der Waals surface area contributed by atoms with Crippen molar-refractivity contribution in [2.24, 2.45) is 0 Å². The van der Waals surface area contributed by atoms with Gasteiger partial charge in [-0.15, -0.1) is 0 Å². The number of carbonyl (C=O) groups is 1. The maximum atomic E-state index is 12.8. The van der Waals surface area contributed by atoms with Gasteiger partial charge in [-0.1, -0.05) is 42.5 Å². The van der Waals surface area contributed by atoms with Crippen LogP contribution in [0.5, 0.6) is 0 Å². The third-order valence-electron chi connectivity index (χ3n) is 7.19. The fraction of sp³-hybridized carbons (Fsp3) is 0.258. The summed E-state index contributed by atoms with van der Waals surface area (Å²) in [6.07, 6.45) is 1.86. The molecule has 2 aliphatic rings. The monoisotopic (exact) mass is 504 g/mol. The van der Waals surface area contributed by atoms with Crippen molar-refractivity contribution < 1.29 is 14.3 Å². The lowest BCUT2D eigenvalue weighted by Gasteiger charge is -2.37. The van der Waals surface area contributed by atoms with E-state index in [0.717, 1.165) is 57.6 Å². The molecule has 2 fully saturated rings.